The summed E-state index contributed by atoms with van der Waals surface area (Å²) in [7, 11) is 0. The van der Waals surface area contributed by atoms with Gasteiger partial charge in [-0.3, -0.25) is 0 Å². The van der Waals surface area contributed by atoms with Crippen LogP contribution in [0.1, 0.15) is 0 Å². The van der Waals surface area contributed by atoms with Gasteiger partial charge >= 0.3 is 187 Å². The fourth-order valence-electron chi connectivity index (χ4n) is 3.78. The van der Waals surface area contributed by atoms with Gasteiger partial charge in [0.25, 0.3) is 0 Å². The molecule has 0 fully saturated rings. The number of benzene rings is 3. The van der Waals surface area contributed by atoms with E-state index < -0.39 is 23.6 Å². The van der Waals surface area contributed by atoms with Crippen molar-refractivity contribution in [3.8, 4) is 34.0 Å². The van der Waals surface area contributed by atoms with Crippen molar-refractivity contribution in [3.63, 3.8) is 0 Å². The fourth-order valence-corrected chi connectivity index (χ4v) is 8.41. The number of rotatable bonds is 2. The molecule has 1 aliphatic heterocycles. The normalized spacial score (nSPS) is 12.1. The fraction of sp³-hybridized carbons (Fsp3) is 0. The third-order valence-electron chi connectivity index (χ3n) is 5.23. The Morgan fingerprint density at radius 1 is 0.600 bits per heavy atom. The SMILES string of the molecule is c1ccc(-c2cccc3[c]2[Po][c]2c(cccc2-c2cc4ccccc4cn2)O3)nc1. The van der Waals surface area contributed by atoms with Gasteiger partial charge in [-0.15, -0.1) is 0 Å². The van der Waals surface area contributed by atoms with E-state index in [0.717, 1.165) is 28.3 Å². The molecular weight excluding hydrogens is 565 g/mol. The van der Waals surface area contributed by atoms with E-state index >= 15 is 0 Å². The molecule has 0 saturated carbocycles. The molecule has 0 aliphatic carbocycles. The van der Waals surface area contributed by atoms with E-state index in [1.165, 1.54) is 23.0 Å². The van der Waals surface area contributed by atoms with Crippen LogP contribution in [0.4, 0.5) is 0 Å². The molecule has 0 N–H and O–H groups in total. The van der Waals surface area contributed by atoms with Gasteiger partial charge < -0.3 is 0 Å². The number of hydrogen-bond acceptors (Lipinski definition) is 3. The second-order valence-electron chi connectivity index (χ2n) is 7.10. The molecule has 142 valence electrons. The van der Waals surface area contributed by atoms with Crippen molar-refractivity contribution in [2.24, 2.45) is 0 Å². The van der Waals surface area contributed by atoms with E-state index in [-0.39, 0.29) is 0 Å². The zero-order valence-electron chi connectivity index (χ0n) is 15.9. The van der Waals surface area contributed by atoms with E-state index in [2.05, 4.69) is 71.7 Å². The monoisotopic (exact) mass is 581 g/mol. The van der Waals surface area contributed by atoms with Crippen molar-refractivity contribution in [1.82, 2.24) is 9.97 Å². The summed E-state index contributed by atoms with van der Waals surface area (Å²) >= 11 is -1.11. The van der Waals surface area contributed by atoms with Gasteiger partial charge in [0.05, 0.1) is 0 Å². The van der Waals surface area contributed by atoms with Gasteiger partial charge in [-0.05, 0) is 0 Å². The molecular formula is C26H16N2OPo. The third-order valence-corrected chi connectivity index (χ3v) is 10.1. The molecule has 0 amide bonds. The van der Waals surface area contributed by atoms with E-state index in [1.54, 1.807) is 0 Å². The van der Waals surface area contributed by atoms with E-state index in [9.17, 15) is 0 Å². The predicted molar refractivity (Wildman–Crippen MR) is 122 cm³/mol. The number of fused-ring (bicyclic) bond motifs is 3. The van der Waals surface area contributed by atoms with Crippen LogP contribution in [-0.4, -0.2) is 33.5 Å². The number of nitrogens with zero attached hydrogens (tertiary/aromatic N) is 2. The van der Waals surface area contributed by atoms with Crippen LogP contribution >= 0.6 is 0 Å². The van der Waals surface area contributed by atoms with Crippen LogP contribution in [0.5, 0.6) is 11.5 Å². The molecule has 3 nitrogen and oxygen atoms in total. The third kappa shape index (κ3) is 3.00. The number of aromatic nitrogens is 2. The predicted octanol–water partition coefficient (Wildman–Crippen LogP) is 4.72. The van der Waals surface area contributed by atoms with E-state index in [4.69, 9.17) is 9.72 Å². The molecule has 0 unspecified atom stereocenters. The maximum absolute atomic E-state index is 6.38. The van der Waals surface area contributed by atoms with Gasteiger partial charge in [0.15, 0.2) is 0 Å². The van der Waals surface area contributed by atoms with Crippen LogP contribution in [0.2, 0.25) is 0 Å². The summed E-state index contributed by atoms with van der Waals surface area (Å²) < 4.78 is 9.04. The summed E-state index contributed by atoms with van der Waals surface area (Å²) in [6.45, 7) is 0. The number of hydrogen-bond donors (Lipinski definition) is 0. The first-order valence-corrected chi connectivity index (χ1v) is 12.9. The molecule has 3 heterocycles. The second-order valence-corrected chi connectivity index (χ2v) is 11.1. The minimum atomic E-state index is -1.11. The molecule has 4 heteroatoms. The molecule has 0 radical (unpaired) electrons. The van der Waals surface area contributed by atoms with Crippen LogP contribution in [0, 0.1) is 0 Å². The van der Waals surface area contributed by atoms with Gasteiger partial charge in [-0.1, -0.05) is 0 Å². The molecule has 6 rings (SSSR count). The van der Waals surface area contributed by atoms with Gasteiger partial charge in [-0.2, -0.15) is 0 Å². The average molecular weight is 581 g/mol. The zero-order valence-corrected chi connectivity index (χ0v) is 19.1. The zero-order chi connectivity index (χ0) is 19.9. The van der Waals surface area contributed by atoms with Gasteiger partial charge in [0.1, 0.15) is 0 Å². The summed E-state index contributed by atoms with van der Waals surface area (Å²) in [6, 6.07) is 29.2. The number of pyridine rings is 2. The quantitative estimate of drug-likeness (QED) is 0.297. The second kappa shape index (κ2) is 7.31. The molecule has 5 aromatic rings. The van der Waals surface area contributed by atoms with Crippen molar-refractivity contribution in [3.05, 3.63) is 97.3 Å². The van der Waals surface area contributed by atoms with Crippen LogP contribution in [0.15, 0.2) is 97.3 Å². The topological polar surface area (TPSA) is 35.0 Å². The van der Waals surface area contributed by atoms with Crippen LogP contribution in [0.25, 0.3) is 33.3 Å². The summed E-state index contributed by atoms with van der Waals surface area (Å²) in [5.74, 6) is 1.94. The Morgan fingerprint density at radius 3 is 2.03 bits per heavy atom. The van der Waals surface area contributed by atoms with Gasteiger partial charge in [0, 0.05) is 0 Å². The Hall–Kier alpha value is -3.08. The molecule has 0 bridgehead atoms. The van der Waals surface area contributed by atoms with E-state index in [0.29, 0.717) is 0 Å². The van der Waals surface area contributed by atoms with Crippen LogP contribution in [0.3, 0.4) is 0 Å². The minimum absolute atomic E-state index is 0.970. The Balaban J connectivity index is 1.50. The van der Waals surface area contributed by atoms with E-state index in [1.807, 2.05) is 30.6 Å². The first kappa shape index (κ1) is 17.7. The van der Waals surface area contributed by atoms with Gasteiger partial charge in [-0.25, -0.2) is 0 Å². The van der Waals surface area contributed by atoms with Crippen molar-refractivity contribution < 1.29 is 4.74 Å². The summed E-state index contributed by atoms with van der Waals surface area (Å²) in [4.78, 5) is 9.37. The van der Waals surface area contributed by atoms with Crippen molar-refractivity contribution in [2.45, 2.75) is 0 Å². The first-order valence-electron chi connectivity index (χ1n) is 9.75. The Kier molecular flexibility index (Phi) is 4.32. The molecule has 3 aromatic carbocycles. The standard InChI is InChI=1S/C26H16N2O.Po/c1-2-8-22-18-28-26(17-19(22)7-1)21-10-6-12-24(16-21)29-23-11-5-9-20(15-23)25-13-3-4-14-27-25;/h1-14,17-18H;. The van der Waals surface area contributed by atoms with Gasteiger partial charge in [0.2, 0.25) is 0 Å². The number of ether oxygens (including phenoxy) is 1. The molecule has 30 heavy (non-hydrogen) atoms. The molecule has 0 atom stereocenters. The molecule has 0 spiro atoms. The molecule has 1 aliphatic rings. The maximum atomic E-state index is 6.38. The summed E-state index contributed by atoms with van der Waals surface area (Å²) in [6.07, 6.45) is 3.81. The van der Waals surface area contributed by atoms with Crippen LogP contribution < -0.4 is 11.2 Å². The van der Waals surface area contributed by atoms with Crippen molar-refractivity contribution in [1.29, 1.82) is 0 Å². The van der Waals surface area contributed by atoms with Crippen LogP contribution in [-0.2, 0) is 0 Å². The van der Waals surface area contributed by atoms with Crippen molar-refractivity contribution >= 4 is 40.8 Å². The first-order chi connectivity index (χ1) is 14.9. The Labute approximate surface area is 186 Å². The molecule has 2 aromatic heterocycles. The average Bonchev–Trinajstić information content (AvgIpc) is 2.82. The Morgan fingerprint density at radius 2 is 1.30 bits per heavy atom. The summed E-state index contributed by atoms with van der Waals surface area (Å²) in [5.41, 5.74) is 4.38. The molecule has 0 saturated heterocycles. The Bertz CT molecular complexity index is 1400. The van der Waals surface area contributed by atoms with Crippen molar-refractivity contribution in [2.75, 3.05) is 0 Å². The summed E-state index contributed by atoms with van der Waals surface area (Å²) in [5, 5.41) is 2.36.